The van der Waals surface area contributed by atoms with Gasteiger partial charge in [-0.05, 0) is 69.6 Å². The molecular formula is C19H24N4O2. The average Bonchev–Trinajstić information content (AvgIpc) is 2.57. The number of piperidine rings is 1. The molecule has 2 heterocycles. The van der Waals surface area contributed by atoms with Crippen LogP contribution in [0.15, 0.2) is 29.4 Å². The Morgan fingerprint density at radius 1 is 1.24 bits per heavy atom. The van der Waals surface area contributed by atoms with Gasteiger partial charge >= 0.3 is 0 Å². The van der Waals surface area contributed by atoms with E-state index in [2.05, 4.69) is 27.3 Å². The van der Waals surface area contributed by atoms with Crippen molar-refractivity contribution in [3.8, 4) is 17.0 Å². The van der Waals surface area contributed by atoms with Crippen molar-refractivity contribution in [2.75, 3.05) is 20.1 Å². The van der Waals surface area contributed by atoms with Gasteiger partial charge in [0.2, 0.25) is 0 Å². The van der Waals surface area contributed by atoms with Gasteiger partial charge < -0.3 is 15.2 Å². The van der Waals surface area contributed by atoms with Crippen LogP contribution in [0.25, 0.3) is 11.3 Å². The molecule has 6 nitrogen and oxygen atoms in total. The molecule has 1 aliphatic rings. The van der Waals surface area contributed by atoms with Crippen LogP contribution in [0.3, 0.4) is 0 Å². The van der Waals surface area contributed by atoms with Crippen molar-refractivity contribution in [3.63, 3.8) is 0 Å². The van der Waals surface area contributed by atoms with Crippen molar-refractivity contribution >= 4 is 5.71 Å². The number of phenols is 1. The molecule has 1 aromatic heterocycles. The number of hydrogen-bond donors (Lipinski definition) is 2. The topological polar surface area (TPSA) is 81.8 Å². The second-order valence-electron chi connectivity index (χ2n) is 6.87. The van der Waals surface area contributed by atoms with E-state index in [0.717, 1.165) is 37.1 Å². The van der Waals surface area contributed by atoms with Gasteiger partial charge in [0, 0.05) is 18.0 Å². The Morgan fingerprint density at radius 3 is 2.68 bits per heavy atom. The second-order valence-corrected chi connectivity index (χ2v) is 6.87. The van der Waals surface area contributed by atoms with Crippen molar-refractivity contribution in [3.05, 3.63) is 41.1 Å². The van der Waals surface area contributed by atoms with E-state index in [1.807, 2.05) is 32.0 Å². The van der Waals surface area contributed by atoms with E-state index in [4.69, 9.17) is 0 Å². The summed E-state index contributed by atoms with van der Waals surface area (Å²) < 4.78 is 0. The maximum atomic E-state index is 10.2. The summed E-state index contributed by atoms with van der Waals surface area (Å²) in [7, 11) is 2.07. The summed E-state index contributed by atoms with van der Waals surface area (Å²) in [5, 5.41) is 31.8. The standard InChI is InChI=1S/C19H24N4O2/c1-12-6-7-15(17(24)9-12)18-13(2)10-16(20-21-18)19(22-25)14-5-4-8-23(3)11-14/h6-7,9-10,14,24-25H,4-5,8,11H2,1-3H3. The quantitative estimate of drug-likeness (QED) is 0.510. The predicted octanol–water partition coefficient (Wildman–Crippen LogP) is 2.99. The minimum atomic E-state index is 0.149. The molecule has 1 fully saturated rings. The number of phenolic OH excluding ortho intramolecular Hbond substituents is 1. The summed E-state index contributed by atoms with van der Waals surface area (Å²) in [5.74, 6) is 0.339. The van der Waals surface area contributed by atoms with Crippen molar-refractivity contribution in [1.29, 1.82) is 0 Å². The lowest BCUT2D eigenvalue weighted by Gasteiger charge is -2.29. The number of hydrogen-bond acceptors (Lipinski definition) is 6. The van der Waals surface area contributed by atoms with Gasteiger partial charge in [0.1, 0.15) is 17.2 Å². The Labute approximate surface area is 147 Å². The van der Waals surface area contributed by atoms with Gasteiger partial charge in [0.15, 0.2) is 0 Å². The maximum Gasteiger partial charge on any atom is 0.125 e. The Bertz CT molecular complexity index is 804. The number of oxime groups is 1. The van der Waals surface area contributed by atoms with Crippen LogP contribution in [-0.2, 0) is 0 Å². The molecule has 6 heteroatoms. The number of aromatic hydroxyl groups is 1. The van der Waals surface area contributed by atoms with Gasteiger partial charge in [-0.2, -0.15) is 0 Å². The predicted molar refractivity (Wildman–Crippen MR) is 97.2 cm³/mol. The molecule has 1 saturated heterocycles. The first kappa shape index (κ1) is 17.4. The van der Waals surface area contributed by atoms with Gasteiger partial charge in [-0.15, -0.1) is 10.2 Å². The highest BCUT2D eigenvalue weighted by atomic mass is 16.4. The molecule has 1 aliphatic heterocycles. The molecule has 1 unspecified atom stereocenters. The number of aryl methyl sites for hydroxylation is 2. The number of aromatic nitrogens is 2. The highest BCUT2D eigenvalue weighted by Gasteiger charge is 2.25. The average molecular weight is 340 g/mol. The lowest BCUT2D eigenvalue weighted by molar-refractivity contribution is 0.240. The number of benzene rings is 1. The number of nitrogens with zero attached hydrogens (tertiary/aromatic N) is 4. The summed E-state index contributed by atoms with van der Waals surface area (Å²) in [6, 6.07) is 7.37. The van der Waals surface area contributed by atoms with Crippen LogP contribution in [-0.4, -0.2) is 51.3 Å². The van der Waals surface area contributed by atoms with Crippen molar-refractivity contribution < 1.29 is 10.3 Å². The lowest BCUT2D eigenvalue weighted by atomic mass is 9.91. The van der Waals surface area contributed by atoms with Gasteiger partial charge in [-0.3, -0.25) is 0 Å². The van der Waals surface area contributed by atoms with Crippen LogP contribution in [0.2, 0.25) is 0 Å². The molecule has 0 aliphatic carbocycles. The van der Waals surface area contributed by atoms with E-state index >= 15 is 0 Å². The summed E-state index contributed by atoms with van der Waals surface area (Å²) in [4.78, 5) is 2.23. The highest BCUT2D eigenvalue weighted by molar-refractivity contribution is 6.00. The third-order valence-corrected chi connectivity index (χ3v) is 4.77. The van der Waals surface area contributed by atoms with Crippen LogP contribution in [0, 0.1) is 19.8 Å². The first-order valence-electron chi connectivity index (χ1n) is 8.54. The van der Waals surface area contributed by atoms with Crippen LogP contribution >= 0.6 is 0 Å². The maximum absolute atomic E-state index is 10.2. The fraction of sp³-hybridized carbons (Fsp3) is 0.421. The number of rotatable bonds is 3. The number of likely N-dealkylation sites (tertiary alicyclic amines) is 1. The molecule has 2 N–H and O–H groups in total. The zero-order chi connectivity index (χ0) is 18.0. The fourth-order valence-corrected chi connectivity index (χ4v) is 3.45. The first-order chi connectivity index (χ1) is 12.0. The molecule has 2 aromatic rings. The van der Waals surface area contributed by atoms with Crippen molar-refractivity contribution in [2.45, 2.75) is 26.7 Å². The minimum Gasteiger partial charge on any atom is -0.507 e. The summed E-state index contributed by atoms with van der Waals surface area (Å²) in [6.07, 6.45) is 2.05. The second kappa shape index (κ2) is 7.19. The van der Waals surface area contributed by atoms with Crippen molar-refractivity contribution in [2.24, 2.45) is 11.1 Å². The molecule has 0 saturated carbocycles. The van der Waals surface area contributed by atoms with Gasteiger partial charge in [0.05, 0.1) is 5.69 Å². The SMILES string of the molecule is Cc1ccc(-c2nnc(C(=NO)C3CCCN(C)C3)cc2C)c(O)c1. The molecule has 132 valence electrons. The molecule has 1 aromatic carbocycles. The Morgan fingerprint density at radius 2 is 2.04 bits per heavy atom. The van der Waals surface area contributed by atoms with Crippen LogP contribution in [0.5, 0.6) is 5.75 Å². The van der Waals surface area contributed by atoms with Crippen LogP contribution < -0.4 is 0 Å². The fourth-order valence-electron chi connectivity index (χ4n) is 3.45. The van der Waals surface area contributed by atoms with E-state index in [0.29, 0.717) is 22.7 Å². The third-order valence-electron chi connectivity index (χ3n) is 4.77. The Balaban J connectivity index is 1.93. The summed E-state index contributed by atoms with van der Waals surface area (Å²) in [5.41, 5.74) is 4.34. The normalized spacial score (nSPS) is 19.2. The first-order valence-corrected chi connectivity index (χ1v) is 8.54. The zero-order valence-electron chi connectivity index (χ0n) is 14.9. The smallest absolute Gasteiger partial charge is 0.125 e. The molecule has 25 heavy (non-hydrogen) atoms. The van der Waals surface area contributed by atoms with Crippen molar-refractivity contribution in [1.82, 2.24) is 15.1 Å². The largest absolute Gasteiger partial charge is 0.507 e. The van der Waals surface area contributed by atoms with Gasteiger partial charge in [-0.25, -0.2) is 0 Å². The molecule has 0 radical (unpaired) electrons. The molecule has 0 spiro atoms. The van der Waals surface area contributed by atoms with Crippen LogP contribution in [0.1, 0.15) is 29.7 Å². The Kier molecular flexibility index (Phi) is 4.99. The van der Waals surface area contributed by atoms with Crippen LogP contribution in [0.4, 0.5) is 0 Å². The third kappa shape index (κ3) is 3.64. The molecular weight excluding hydrogens is 316 g/mol. The highest BCUT2D eigenvalue weighted by Crippen LogP contribution is 2.31. The minimum absolute atomic E-state index is 0.149. The molecule has 3 rings (SSSR count). The van der Waals surface area contributed by atoms with E-state index in [-0.39, 0.29) is 11.7 Å². The summed E-state index contributed by atoms with van der Waals surface area (Å²) >= 11 is 0. The lowest BCUT2D eigenvalue weighted by Crippen LogP contribution is -2.36. The molecule has 1 atom stereocenters. The van der Waals surface area contributed by atoms with E-state index in [1.54, 1.807) is 6.07 Å². The van der Waals surface area contributed by atoms with E-state index < -0.39 is 0 Å². The van der Waals surface area contributed by atoms with E-state index in [9.17, 15) is 10.3 Å². The molecule has 0 bridgehead atoms. The monoisotopic (exact) mass is 340 g/mol. The zero-order valence-corrected chi connectivity index (χ0v) is 14.9. The van der Waals surface area contributed by atoms with Gasteiger partial charge in [-0.1, -0.05) is 11.2 Å². The Hall–Kier alpha value is -2.47. The van der Waals surface area contributed by atoms with Gasteiger partial charge in [0.25, 0.3) is 0 Å². The molecule has 0 amide bonds. The summed E-state index contributed by atoms with van der Waals surface area (Å²) in [6.45, 7) is 5.76. The van der Waals surface area contributed by atoms with E-state index in [1.165, 1.54) is 0 Å².